The maximum Gasteiger partial charge on any atom is 0.212 e. The van der Waals surface area contributed by atoms with Gasteiger partial charge in [0.1, 0.15) is 5.75 Å². The van der Waals surface area contributed by atoms with Gasteiger partial charge in [-0.1, -0.05) is 18.2 Å². The third-order valence-electron chi connectivity index (χ3n) is 4.23. The van der Waals surface area contributed by atoms with Gasteiger partial charge in [0.05, 0.1) is 16.4 Å². The Hall–Kier alpha value is -3.90. The Labute approximate surface area is 181 Å². The van der Waals surface area contributed by atoms with Gasteiger partial charge in [0, 0.05) is 24.6 Å². The number of nitrogens with one attached hydrogen (secondary N) is 2. The second-order valence-corrected chi connectivity index (χ2v) is 8.28. The van der Waals surface area contributed by atoms with Crippen LogP contribution in [0.25, 0.3) is 0 Å². The summed E-state index contributed by atoms with van der Waals surface area (Å²) in [4.78, 5) is 8.02. The summed E-state index contributed by atoms with van der Waals surface area (Å²) in [5.74, 6) is 0.786. The SMILES string of the molecule is CCOc1cccc(S(=O)(=O)c2ccc(CN/C(=N\C#N)Nc3ccncc3)cc2)c1. The number of rotatable bonds is 7. The van der Waals surface area contributed by atoms with Crippen molar-refractivity contribution in [3.8, 4) is 11.9 Å². The Bertz CT molecular complexity index is 1190. The fourth-order valence-electron chi connectivity index (χ4n) is 2.74. The predicted molar refractivity (Wildman–Crippen MR) is 117 cm³/mol. The normalized spacial score (nSPS) is 11.4. The van der Waals surface area contributed by atoms with Crippen molar-refractivity contribution in [1.29, 1.82) is 5.26 Å². The Morgan fingerprint density at radius 3 is 2.52 bits per heavy atom. The molecule has 0 aliphatic carbocycles. The summed E-state index contributed by atoms with van der Waals surface area (Å²) in [6, 6.07) is 16.5. The lowest BCUT2D eigenvalue weighted by Gasteiger charge is -2.11. The molecule has 2 aromatic carbocycles. The minimum Gasteiger partial charge on any atom is -0.494 e. The van der Waals surface area contributed by atoms with Crippen molar-refractivity contribution in [3.63, 3.8) is 0 Å². The fourth-order valence-corrected chi connectivity index (χ4v) is 4.04. The molecule has 0 amide bonds. The number of guanidine groups is 1. The van der Waals surface area contributed by atoms with Crippen molar-refractivity contribution in [2.45, 2.75) is 23.3 Å². The highest BCUT2D eigenvalue weighted by Gasteiger charge is 2.18. The summed E-state index contributed by atoms with van der Waals surface area (Å²) in [6.07, 6.45) is 4.98. The third-order valence-corrected chi connectivity index (χ3v) is 5.99. The Kier molecular flexibility index (Phi) is 7.19. The van der Waals surface area contributed by atoms with Crippen molar-refractivity contribution in [1.82, 2.24) is 10.3 Å². The molecule has 0 bridgehead atoms. The van der Waals surface area contributed by atoms with Gasteiger partial charge >= 0.3 is 0 Å². The summed E-state index contributed by atoms with van der Waals surface area (Å²) >= 11 is 0. The molecule has 0 radical (unpaired) electrons. The molecule has 3 aromatic rings. The number of benzene rings is 2. The van der Waals surface area contributed by atoms with Crippen LogP contribution in [0.15, 0.2) is 87.8 Å². The molecule has 0 unspecified atom stereocenters. The van der Waals surface area contributed by atoms with E-state index in [9.17, 15) is 8.42 Å². The zero-order chi connectivity index (χ0) is 22.1. The van der Waals surface area contributed by atoms with Crippen molar-refractivity contribution in [2.75, 3.05) is 11.9 Å². The Morgan fingerprint density at radius 1 is 1.10 bits per heavy atom. The molecule has 31 heavy (non-hydrogen) atoms. The molecule has 9 heteroatoms. The number of ether oxygens (including phenoxy) is 1. The molecule has 0 fully saturated rings. The lowest BCUT2D eigenvalue weighted by molar-refractivity contribution is 0.339. The first kappa shape index (κ1) is 21.8. The standard InChI is InChI=1S/C22H21N5O3S/c1-2-30-19-4-3-5-21(14-19)31(28,29)20-8-6-17(7-9-20)15-25-22(26-16-23)27-18-10-12-24-13-11-18/h3-14H,2,15H2,1H3,(H2,24,25,26,27). The van der Waals surface area contributed by atoms with Crippen molar-refractivity contribution in [2.24, 2.45) is 4.99 Å². The van der Waals surface area contributed by atoms with Gasteiger partial charge in [0.25, 0.3) is 0 Å². The summed E-state index contributed by atoms with van der Waals surface area (Å²) in [7, 11) is -3.66. The number of aromatic nitrogens is 1. The quantitative estimate of drug-likeness (QED) is 0.332. The lowest BCUT2D eigenvalue weighted by Crippen LogP contribution is -2.30. The van der Waals surface area contributed by atoms with Crippen molar-refractivity contribution >= 4 is 21.5 Å². The van der Waals surface area contributed by atoms with E-state index in [1.807, 2.05) is 6.92 Å². The predicted octanol–water partition coefficient (Wildman–Crippen LogP) is 3.35. The first-order valence-corrected chi connectivity index (χ1v) is 11.0. The van der Waals surface area contributed by atoms with E-state index in [2.05, 4.69) is 20.6 Å². The number of sulfone groups is 1. The molecule has 8 nitrogen and oxygen atoms in total. The Morgan fingerprint density at radius 2 is 1.84 bits per heavy atom. The summed E-state index contributed by atoms with van der Waals surface area (Å²) in [5.41, 5.74) is 1.55. The van der Waals surface area contributed by atoms with Crippen LogP contribution in [0.5, 0.6) is 5.75 Å². The highest BCUT2D eigenvalue weighted by Crippen LogP contribution is 2.24. The number of nitrogens with zero attached hydrogens (tertiary/aromatic N) is 3. The minimum atomic E-state index is -3.66. The summed E-state index contributed by atoms with van der Waals surface area (Å²) in [6.45, 7) is 2.64. The zero-order valence-electron chi connectivity index (χ0n) is 16.8. The van der Waals surface area contributed by atoms with E-state index in [4.69, 9.17) is 10.00 Å². The van der Waals surface area contributed by atoms with E-state index in [1.165, 1.54) is 6.07 Å². The van der Waals surface area contributed by atoms with Gasteiger partial charge in [-0.15, -0.1) is 4.99 Å². The van der Waals surface area contributed by atoms with Gasteiger partial charge in [-0.05, 0) is 55.0 Å². The summed E-state index contributed by atoms with van der Waals surface area (Å²) in [5, 5.41) is 14.9. The topological polar surface area (TPSA) is 116 Å². The number of anilines is 1. The van der Waals surface area contributed by atoms with Crippen LogP contribution in [0.2, 0.25) is 0 Å². The van der Waals surface area contributed by atoms with Crippen LogP contribution >= 0.6 is 0 Å². The van der Waals surface area contributed by atoms with Gasteiger partial charge in [-0.3, -0.25) is 4.98 Å². The van der Waals surface area contributed by atoms with E-state index >= 15 is 0 Å². The van der Waals surface area contributed by atoms with Crippen LogP contribution in [0, 0.1) is 11.5 Å². The van der Waals surface area contributed by atoms with Crippen molar-refractivity contribution in [3.05, 3.63) is 78.6 Å². The molecule has 1 heterocycles. The van der Waals surface area contributed by atoms with Gasteiger partial charge in [0.2, 0.25) is 22.0 Å². The van der Waals surface area contributed by atoms with Crippen LogP contribution in [0.3, 0.4) is 0 Å². The van der Waals surface area contributed by atoms with E-state index in [-0.39, 0.29) is 15.8 Å². The van der Waals surface area contributed by atoms with Gasteiger partial charge in [-0.25, -0.2) is 8.42 Å². The average Bonchev–Trinajstić information content (AvgIpc) is 2.79. The highest BCUT2D eigenvalue weighted by molar-refractivity contribution is 7.91. The Balaban J connectivity index is 1.70. The van der Waals surface area contributed by atoms with E-state index in [1.54, 1.807) is 73.2 Å². The van der Waals surface area contributed by atoms with E-state index in [0.29, 0.717) is 18.9 Å². The summed E-state index contributed by atoms with van der Waals surface area (Å²) < 4.78 is 31.2. The van der Waals surface area contributed by atoms with E-state index < -0.39 is 9.84 Å². The molecule has 158 valence electrons. The molecule has 1 aromatic heterocycles. The number of aliphatic imine (C=N–C) groups is 1. The van der Waals surface area contributed by atoms with Crippen LogP contribution in [-0.2, 0) is 16.4 Å². The number of hydrogen-bond donors (Lipinski definition) is 2. The van der Waals surface area contributed by atoms with Crippen LogP contribution in [0.1, 0.15) is 12.5 Å². The van der Waals surface area contributed by atoms with E-state index in [0.717, 1.165) is 11.3 Å². The maximum atomic E-state index is 12.9. The molecule has 0 aliphatic heterocycles. The third kappa shape index (κ3) is 5.81. The first-order chi connectivity index (χ1) is 15.0. The molecular formula is C22H21N5O3S. The molecule has 0 atom stereocenters. The minimum absolute atomic E-state index is 0.175. The smallest absolute Gasteiger partial charge is 0.212 e. The largest absolute Gasteiger partial charge is 0.494 e. The zero-order valence-corrected chi connectivity index (χ0v) is 17.6. The van der Waals surface area contributed by atoms with Crippen LogP contribution < -0.4 is 15.4 Å². The molecule has 0 saturated heterocycles. The number of nitriles is 1. The molecule has 0 saturated carbocycles. The lowest BCUT2D eigenvalue weighted by atomic mass is 10.2. The number of hydrogen-bond acceptors (Lipinski definition) is 6. The molecule has 0 aliphatic rings. The second kappa shape index (κ2) is 10.2. The maximum absolute atomic E-state index is 12.9. The average molecular weight is 436 g/mol. The first-order valence-electron chi connectivity index (χ1n) is 9.47. The molecule has 0 spiro atoms. The molecule has 2 N–H and O–H groups in total. The van der Waals surface area contributed by atoms with Gasteiger partial charge < -0.3 is 15.4 Å². The molecular weight excluding hydrogens is 414 g/mol. The second-order valence-electron chi connectivity index (χ2n) is 6.33. The van der Waals surface area contributed by atoms with Gasteiger partial charge in [0.15, 0.2) is 0 Å². The highest BCUT2D eigenvalue weighted by atomic mass is 32.2. The van der Waals surface area contributed by atoms with Crippen LogP contribution in [-0.4, -0.2) is 26.0 Å². The number of pyridine rings is 1. The van der Waals surface area contributed by atoms with Gasteiger partial charge in [-0.2, -0.15) is 5.26 Å². The van der Waals surface area contributed by atoms with Crippen molar-refractivity contribution < 1.29 is 13.2 Å². The monoisotopic (exact) mass is 435 g/mol. The van der Waals surface area contributed by atoms with Crippen LogP contribution in [0.4, 0.5) is 5.69 Å². The molecule has 3 rings (SSSR count). The fraction of sp³-hybridized carbons (Fsp3) is 0.136.